The number of nitrogens with zero attached hydrogens (tertiary/aromatic N) is 1. The van der Waals surface area contributed by atoms with Crippen LogP contribution in [0, 0.1) is 0 Å². The maximum atomic E-state index is 11.2. The lowest BCUT2D eigenvalue weighted by molar-refractivity contribution is -0.115. The Balaban J connectivity index is 2.76. The fourth-order valence-corrected chi connectivity index (χ4v) is 1.24. The third-order valence-electron chi connectivity index (χ3n) is 1.98. The molecular formula is C8H11NO4. The third-order valence-corrected chi connectivity index (χ3v) is 1.98. The van der Waals surface area contributed by atoms with Gasteiger partial charge in [-0.3, -0.25) is 4.79 Å². The summed E-state index contributed by atoms with van der Waals surface area (Å²) < 4.78 is 0. The molecule has 5 heteroatoms. The lowest BCUT2D eigenvalue weighted by Gasteiger charge is -2.15. The Morgan fingerprint density at radius 3 is 2.77 bits per heavy atom. The Hall–Kier alpha value is -1.52. The summed E-state index contributed by atoms with van der Waals surface area (Å²) in [7, 11) is 0. The quantitative estimate of drug-likeness (QED) is 0.431. The van der Waals surface area contributed by atoms with Crippen LogP contribution in [-0.2, 0) is 4.79 Å². The molecule has 1 fully saturated rings. The van der Waals surface area contributed by atoms with Gasteiger partial charge in [0.25, 0.3) is 0 Å². The predicted octanol–water partition coefficient (Wildman–Crippen LogP) is 0.771. The van der Waals surface area contributed by atoms with Gasteiger partial charge >= 0.3 is 6.09 Å². The minimum atomic E-state index is -1.06. The van der Waals surface area contributed by atoms with E-state index < -0.39 is 6.09 Å². The first kappa shape index (κ1) is 9.57. The van der Waals surface area contributed by atoms with Crippen molar-refractivity contribution in [3.8, 4) is 0 Å². The van der Waals surface area contributed by atoms with Crippen LogP contribution in [0.5, 0.6) is 0 Å². The minimum Gasteiger partial charge on any atom is -0.515 e. The zero-order chi connectivity index (χ0) is 9.84. The highest BCUT2D eigenvalue weighted by molar-refractivity contribution is 5.96. The number of hydrogen-bond donors (Lipinski definition) is 2. The largest absolute Gasteiger partial charge is 0.515 e. The van der Waals surface area contributed by atoms with Crippen molar-refractivity contribution in [3.05, 3.63) is 11.8 Å². The fraction of sp³-hybridized carbons (Fsp3) is 0.500. The number of amides is 1. The molecule has 0 radical (unpaired) electrons. The summed E-state index contributed by atoms with van der Waals surface area (Å²) in [6, 6.07) is 0. The fourth-order valence-electron chi connectivity index (χ4n) is 1.24. The van der Waals surface area contributed by atoms with E-state index in [9.17, 15) is 9.59 Å². The molecule has 5 nitrogen and oxygen atoms in total. The number of hydrogen-bond acceptors (Lipinski definition) is 3. The van der Waals surface area contributed by atoms with E-state index in [4.69, 9.17) is 10.2 Å². The SMILES string of the molecule is O=C1CCCN(C(=O)O)C/C1=C\O. The molecule has 0 aromatic heterocycles. The summed E-state index contributed by atoms with van der Waals surface area (Å²) in [4.78, 5) is 22.9. The number of rotatable bonds is 0. The smallest absolute Gasteiger partial charge is 0.407 e. The monoisotopic (exact) mass is 185 g/mol. The van der Waals surface area contributed by atoms with Crippen LogP contribution >= 0.6 is 0 Å². The van der Waals surface area contributed by atoms with E-state index in [1.54, 1.807) is 0 Å². The number of Topliss-reactive ketones (excluding diaryl/α,β-unsaturated/α-hetero) is 1. The second-order valence-electron chi connectivity index (χ2n) is 2.89. The first-order valence-electron chi connectivity index (χ1n) is 3.99. The van der Waals surface area contributed by atoms with Crippen molar-refractivity contribution in [2.45, 2.75) is 12.8 Å². The van der Waals surface area contributed by atoms with Crippen molar-refractivity contribution in [1.29, 1.82) is 0 Å². The Morgan fingerprint density at radius 1 is 1.54 bits per heavy atom. The maximum absolute atomic E-state index is 11.2. The van der Waals surface area contributed by atoms with Gasteiger partial charge in [-0.15, -0.1) is 0 Å². The number of carboxylic acid groups (broad SMARTS) is 1. The molecule has 0 saturated carbocycles. The van der Waals surface area contributed by atoms with E-state index in [0.29, 0.717) is 25.6 Å². The molecule has 0 aliphatic carbocycles. The molecule has 1 heterocycles. The average Bonchev–Trinajstić information content (AvgIpc) is 2.27. The van der Waals surface area contributed by atoms with Gasteiger partial charge in [0.2, 0.25) is 0 Å². The van der Waals surface area contributed by atoms with Crippen LogP contribution in [0.25, 0.3) is 0 Å². The summed E-state index contributed by atoms with van der Waals surface area (Å²) in [5, 5.41) is 17.4. The van der Waals surface area contributed by atoms with E-state index >= 15 is 0 Å². The van der Waals surface area contributed by atoms with E-state index in [2.05, 4.69) is 0 Å². The highest BCUT2D eigenvalue weighted by Crippen LogP contribution is 2.11. The van der Waals surface area contributed by atoms with Crippen LogP contribution in [0.15, 0.2) is 11.8 Å². The Labute approximate surface area is 75.3 Å². The Bertz CT molecular complexity index is 259. The molecule has 1 rings (SSSR count). The van der Waals surface area contributed by atoms with Gasteiger partial charge in [0.15, 0.2) is 5.78 Å². The van der Waals surface area contributed by atoms with E-state index in [0.717, 1.165) is 4.90 Å². The van der Waals surface area contributed by atoms with Crippen LogP contribution in [0.2, 0.25) is 0 Å². The van der Waals surface area contributed by atoms with Crippen molar-refractivity contribution < 1.29 is 19.8 Å². The van der Waals surface area contributed by atoms with Gasteiger partial charge in [-0.2, -0.15) is 0 Å². The normalized spacial score (nSPS) is 21.7. The van der Waals surface area contributed by atoms with E-state index in [1.807, 2.05) is 0 Å². The van der Waals surface area contributed by atoms with Crippen molar-refractivity contribution in [2.24, 2.45) is 0 Å². The van der Waals surface area contributed by atoms with Gasteiger partial charge in [0, 0.05) is 18.5 Å². The number of likely N-dealkylation sites (tertiary alicyclic amines) is 1. The van der Waals surface area contributed by atoms with Crippen molar-refractivity contribution in [3.63, 3.8) is 0 Å². The molecule has 1 amide bonds. The summed E-state index contributed by atoms with van der Waals surface area (Å²) >= 11 is 0. The van der Waals surface area contributed by atoms with Crippen LogP contribution in [0.1, 0.15) is 12.8 Å². The molecule has 72 valence electrons. The van der Waals surface area contributed by atoms with Crippen LogP contribution < -0.4 is 0 Å². The molecule has 1 saturated heterocycles. The molecule has 0 bridgehead atoms. The topological polar surface area (TPSA) is 77.8 Å². The molecule has 0 unspecified atom stereocenters. The first-order chi connectivity index (χ1) is 6.15. The van der Waals surface area contributed by atoms with Crippen molar-refractivity contribution in [2.75, 3.05) is 13.1 Å². The lowest BCUT2D eigenvalue weighted by atomic mass is 10.1. The molecule has 0 spiro atoms. The summed E-state index contributed by atoms with van der Waals surface area (Å²) in [5.41, 5.74) is 0.167. The van der Waals surface area contributed by atoms with E-state index in [1.165, 1.54) is 0 Å². The molecule has 0 aromatic rings. The average molecular weight is 185 g/mol. The molecule has 1 aliphatic rings. The molecule has 2 N–H and O–H groups in total. The van der Waals surface area contributed by atoms with E-state index in [-0.39, 0.29) is 17.9 Å². The minimum absolute atomic E-state index is 0.00926. The zero-order valence-corrected chi connectivity index (χ0v) is 7.06. The van der Waals surface area contributed by atoms with Gasteiger partial charge in [-0.05, 0) is 6.42 Å². The Kier molecular flexibility index (Phi) is 2.89. The first-order valence-corrected chi connectivity index (χ1v) is 3.99. The highest BCUT2D eigenvalue weighted by Gasteiger charge is 2.21. The van der Waals surface area contributed by atoms with Crippen LogP contribution in [0.3, 0.4) is 0 Å². The standard InChI is InChI=1S/C8H11NO4/c10-5-6-4-9(8(12)13)3-1-2-7(6)11/h5,10H,1-4H2,(H,12,13)/b6-5+. The molecular weight excluding hydrogens is 174 g/mol. The van der Waals surface area contributed by atoms with Gasteiger partial charge in [0.05, 0.1) is 12.8 Å². The van der Waals surface area contributed by atoms with Crippen molar-refractivity contribution in [1.82, 2.24) is 4.90 Å². The van der Waals surface area contributed by atoms with Crippen LogP contribution in [-0.4, -0.2) is 40.1 Å². The molecule has 1 aliphatic heterocycles. The zero-order valence-electron chi connectivity index (χ0n) is 7.06. The summed E-state index contributed by atoms with van der Waals surface area (Å²) in [6.07, 6.45) is 0.455. The number of carbonyl (C=O) groups excluding carboxylic acids is 1. The van der Waals surface area contributed by atoms with Gasteiger partial charge in [-0.25, -0.2) is 4.79 Å². The van der Waals surface area contributed by atoms with Gasteiger partial charge < -0.3 is 15.1 Å². The molecule has 0 aromatic carbocycles. The van der Waals surface area contributed by atoms with Crippen molar-refractivity contribution >= 4 is 11.9 Å². The Morgan fingerprint density at radius 2 is 2.23 bits per heavy atom. The predicted molar refractivity (Wildman–Crippen MR) is 44.6 cm³/mol. The number of carbonyl (C=O) groups is 2. The maximum Gasteiger partial charge on any atom is 0.407 e. The molecule has 13 heavy (non-hydrogen) atoms. The highest BCUT2D eigenvalue weighted by atomic mass is 16.4. The summed E-state index contributed by atoms with van der Waals surface area (Å²) in [5.74, 6) is -0.175. The second kappa shape index (κ2) is 3.93. The second-order valence-corrected chi connectivity index (χ2v) is 2.89. The molecule has 0 atom stereocenters. The summed E-state index contributed by atoms with van der Waals surface area (Å²) in [6.45, 7) is 0.336. The van der Waals surface area contributed by atoms with Gasteiger partial charge in [-0.1, -0.05) is 0 Å². The number of aliphatic hydroxyl groups is 1. The third kappa shape index (κ3) is 2.21. The number of aliphatic hydroxyl groups excluding tert-OH is 1. The lowest BCUT2D eigenvalue weighted by Crippen LogP contribution is -2.31. The van der Waals surface area contributed by atoms with Crippen LogP contribution in [0.4, 0.5) is 4.79 Å². The number of ketones is 1. The van der Waals surface area contributed by atoms with Gasteiger partial charge in [0.1, 0.15) is 0 Å².